The van der Waals surface area contributed by atoms with Crippen LogP contribution in [0.2, 0.25) is 10.0 Å². The molecule has 1 fully saturated rings. The van der Waals surface area contributed by atoms with Gasteiger partial charge in [0.1, 0.15) is 24.7 Å². The Morgan fingerprint density at radius 1 is 1.12 bits per heavy atom. The Labute approximate surface area is 194 Å². The highest BCUT2D eigenvalue weighted by Crippen LogP contribution is 2.40. The van der Waals surface area contributed by atoms with E-state index in [2.05, 4.69) is 9.97 Å². The molecule has 0 amide bonds. The van der Waals surface area contributed by atoms with Crippen LogP contribution in [-0.4, -0.2) is 33.9 Å². The first-order valence-corrected chi connectivity index (χ1v) is 10.7. The van der Waals surface area contributed by atoms with Gasteiger partial charge < -0.3 is 23.2 Å². The van der Waals surface area contributed by atoms with Gasteiger partial charge in [-0.1, -0.05) is 29.3 Å². The van der Waals surface area contributed by atoms with Gasteiger partial charge in [-0.15, -0.1) is 0 Å². The maximum atomic E-state index is 6.50. The lowest BCUT2D eigenvalue weighted by Crippen LogP contribution is -2.34. The number of ether oxygens (including phenoxy) is 3. The molecule has 1 saturated heterocycles. The number of hydrogen-bond donors (Lipinski definition) is 0. The van der Waals surface area contributed by atoms with Crippen LogP contribution in [-0.2, 0) is 21.8 Å². The van der Waals surface area contributed by atoms with Gasteiger partial charge in [-0.3, -0.25) is 0 Å². The molecular formula is C23H19Cl2N3O4. The van der Waals surface area contributed by atoms with E-state index in [0.717, 1.165) is 5.56 Å². The number of nitrogens with zero attached hydrogens (tertiary/aromatic N) is 3. The Kier molecular flexibility index (Phi) is 5.89. The first kappa shape index (κ1) is 21.0. The third-order valence-electron chi connectivity index (χ3n) is 5.12. The molecule has 0 radical (unpaired) electrons. The lowest BCUT2D eigenvalue weighted by molar-refractivity contribution is -0.189. The Hall–Kier alpha value is -2.84. The number of aromatic nitrogens is 3. The number of halogens is 2. The van der Waals surface area contributed by atoms with Crippen molar-refractivity contribution in [3.63, 3.8) is 0 Å². The summed E-state index contributed by atoms with van der Waals surface area (Å²) < 4.78 is 25.7. The summed E-state index contributed by atoms with van der Waals surface area (Å²) in [7, 11) is 0. The van der Waals surface area contributed by atoms with Crippen LogP contribution >= 0.6 is 23.2 Å². The van der Waals surface area contributed by atoms with E-state index in [9.17, 15) is 0 Å². The molecule has 0 unspecified atom stereocenters. The summed E-state index contributed by atoms with van der Waals surface area (Å²) >= 11 is 12.6. The Morgan fingerprint density at radius 2 is 2.00 bits per heavy atom. The molecule has 2 aromatic carbocycles. The first-order valence-electron chi connectivity index (χ1n) is 9.97. The van der Waals surface area contributed by atoms with Crippen molar-refractivity contribution in [1.29, 1.82) is 0 Å². The van der Waals surface area contributed by atoms with Gasteiger partial charge >= 0.3 is 0 Å². The van der Waals surface area contributed by atoms with Gasteiger partial charge in [0, 0.05) is 28.5 Å². The van der Waals surface area contributed by atoms with Crippen molar-refractivity contribution in [2.24, 2.45) is 0 Å². The van der Waals surface area contributed by atoms with Crippen LogP contribution < -0.4 is 4.74 Å². The molecule has 0 saturated carbocycles. The Bertz CT molecular complexity index is 1170. The monoisotopic (exact) mass is 471 g/mol. The molecule has 4 aromatic rings. The summed E-state index contributed by atoms with van der Waals surface area (Å²) in [5.41, 5.74) is 1.58. The van der Waals surface area contributed by atoms with E-state index in [1.54, 1.807) is 37.1 Å². The lowest BCUT2D eigenvalue weighted by Gasteiger charge is -2.30. The maximum absolute atomic E-state index is 6.50. The van der Waals surface area contributed by atoms with Crippen molar-refractivity contribution in [2.45, 2.75) is 18.4 Å². The van der Waals surface area contributed by atoms with E-state index in [4.69, 9.17) is 41.8 Å². The van der Waals surface area contributed by atoms with Crippen molar-refractivity contribution in [1.82, 2.24) is 14.5 Å². The third-order valence-corrected chi connectivity index (χ3v) is 5.67. The van der Waals surface area contributed by atoms with Crippen LogP contribution in [0, 0.1) is 0 Å². The predicted octanol–water partition coefficient (Wildman–Crippen LogP) is 5.19. The average Bonchev–Trinajstić information content (AvgIpc) is 3.56. The second kappa shape index (κ2) is 8.96. The fraction of sp³-hybridized carbons (Fsp3) is 0.217. The van der Waals surface area contributed by atoms with Gasteiger partial charge in [0.25, 0.3) is 0 Å². The number of oxazole rings is 1. The van der Waals surface area contributed by atoms with Crippen LogP contribution in [0.1, 0.15) is 5.56 Å². The normalized spacial score (nSPS) is 20.5. The number of imidazole rings is 1. The zero-order chi connectivity index (χ0) is 22.0. The van der Waals surface area contributed by atoms with E-state index in [1.807, 2.05) is 41.1 Å². The SMILES string of the molecule is Clc1ccc([C@]2(Cn3ccnc3)OC[C@@H](COc3ccc(-c4ncco4)cc3)O2)c(Cl)c1. The number of hydrogen-bond acceptors (Lipinski definition) is 6. The topological polar surface area (TPSA) is 71.5 Å². The fourth-order valence-electron chi connectivity index (χ4n) is 3.62. The minimum Gasteiger partial charge on any atom is -0.491 e. The predicted molar refractivity (Wildman–Crippen MR) is 119 cm³/mol. The highest BCUT2D eigenvalue weighted by Gasteiger charge is 2.45. The summed E-state index contributed by atoms with van der Waals surface area (Å²) in [6.07, 6.45) is 8.11. The lowest BCUT2D eigenvalue weighted by atomic mass is 10.1. The van der Waals surface area contributed by atoms with E-state index in [1.165, 1.54) is 0 Å². The van der Waals surface area contributed by atoms with Crippen LogP contribution in [0.5, 0.6) is 5.75 Å². The van der Waals surface area contributed by atoms with Crippen molar-refractivity contribution >= 4 is 23.2 Å². The number of rotatable bonds is 7. The molecule has 164 valence electrons. The van der Waals surface area contributed by atoms with E-state index in [-0.39, 0.29) is 6.10 Å². The molecule has 9 heteroatoms. The second-order valence-electron chi connectivity index (χ2n) is 7.34. The van der Waals surface area contributed by atoms with Gasteiger partial charge in [0.15, 0.2) is 0 Å². The van der Waals surface area contributed by atoms with Gasteiger partial charge in [0.2, 0.25) is 11.7 Å². The van der Waals surface area contributed by atoms with Crippen molar-refractivity contribution in [3.8, 4) is 17.2 Å². The maximum Gasteiger partial charge on any atom is 0.225 e. The van der Waals surface area contributed by atoms with E-state index in [0.29, 0.717) is 47.0 Å². The largest absolute Gasteiger partial charge is 0.491 e. The summed E-state index contributed by atoms with van der Waals surface area (Å²) in [5.74, 6) is 0.194. The van der Waals surface area contributed by atoms with Crippen LogP contribution in [0.15, 0.2) is 78.1 Å². The van der Waals surface area contributed by atoms with E-state index >= 15 is 0 Å². The molecule has 5 rings (SSSR count). The number of benzene rings is 2. The van der Waals surface area contributed by atoms with Crippen molar-refractivity contribution in [2.75, 3.05) is 13.2 Å². The molecule has 0 spiro atoms. The molecule has 2 aromatic heterocycles. The molecule has 0 N–H and O–H groups in total. The molecule has 2 atom stereocenters. The highest BCUT2D eigenvalue weighted by molar-refractivity contribution is 6.35. The Balaban J connectivity index is 1.30. The third kappa shape index (κ3) is 4.38. The van der Waals surface area contributed by atoms with E-state index < -0.39 is 5.79 Å². The molecule has 0 bridgehead atoms. The standard InChI is InChI=1S/C23H19Cl2N3O4/c24-17-3-6-20(21(25)11-17)23(14-28-9-7-26-15-28)31-13-19(32-23)12-30-18-4-1-16(2-5-18)22-27-8-10-29-22/h1-11,15,19H,12-14H2/t19-,23-/m1/s1. The summed E-state index contributed by atoms with van der Waals surface area (Å²) in [6.45, 7) is 1.05. The van der Waals surface area contributed by atoms with Gasteiger partial charge in [0.05, 0.1) is 30.7 Å². The molecule has 0 aliphatic carbocycles. The molecule has 3 heterocycles. The minimum atomic E-state index is -1.08. The zero-order valence-corrected chi connectivity index (χ0v) is 18.4. The zero-order valence-electron chi connectivity index (χ0n) is 16.9. The summed E-state index contributed by atoms with van der Waals surface area (Å²) in [6, 6.07) is 12.8. The second-order valence-corrected chi connectivity index (χ2v) is 8.18. The smallest absolute Gasteiger partial charge is 0.225 e. The molecule has 7 nitrogen and oxygen atoms in total. The van der Waals surface area contributed by atoms with Crippen molar-refractivity contribution in [3.05, 3.63) is 89.3 Å². The van der Waals surface area contributed by atoms with Gasteiger partial charge in [-0.2, -0.15) is 0 Å². The summed E-state index contributed by atoms with van der Waals surface area (Å²) in [5, 5.41) is 1.02. The minimum absolute atomic E-state index is 0.295. The quantitative estimate of drug-likeness (QED) is 0.369. The molecule has 1 aliphatic rings. The van der Waals surface area contributed by atoms with Gasteiger partial charge in [-0.05, 0) is 36.4 Å². The van der Waals surface area contributed by atoms with Gasteiger partial charge in [-0.25, -0.2) is 9.97 Å². The molecule has 1 aliphatic heterocycles. The fourth-order valence-corrected chi connectivity index (χ4v) is 4.18. The Morgan fingerprint density at radius 3 is 2.72 bits per heavy atom. The van der Waals surface area contributed by atoms with Crippen LogP contribution in [0.4, 0.5) is 0 Å². The first-order chi connectivity index (χ1) is 15.6. The average molecular weight is 472 g/mol. The van der Waals surface area contributed by atoms with Crippen LogP contribution in [0.3, 0.4) is 0 Å². The molecular weight excluding hydrogens is 453 g/mol. The molecule has 32 heavy (non-hydrogen) atoms. The highest BCUT2D eigenvalue weighted by atomic mass is 35.5. The van der Waals surface area contributed by atoms with Crippen LogP contribution in [0.25, 0.3) is 11.5 Å². The van der Waals surface area contributed by atoms with Crippen molar-refractivity contribution < 1.29 is 18.6 Å². The summed E-state index contributed by atoms with van der Waals surface area (Å²) in [4.78, 5) is 8.25.